The first kappa shape index (κ1) is 20.5. The van der Waals surface area contributed by atoms with E-state index in [9.17, 15) is 0 Å². The van der Waals surface area contributed by atoms with Gasteiger partial charge in [0.2, 0.25) is 0 Å². The van der Waals surface area contributed by atoms with Crippen LogP contribution in [0.5, 0.6) is 0 Å². The van der Waals surface area contributed by atoms with E-state index in [2.05, 4.69) is 53.3 Å². The summed E-state index contributed by atoms with van der Waals surface area (Å²) in [7, 11) is 0. The summed E-state index contributed by atoms with van der Waals surface area (Å²) in [6, 6.07) is 22.5. The minimum Gasteiger partial charge on any atom is -0.265 e. The first-order chi connectivity index (χ1) is 16.3. The van der Waals surface area contributed by atoms with Gasteiger partial charge in [-0.05, 0) is 60.0 Å². The second-order valence-corrected chi connectivity index (χ2v) is 7.77. The summed E-state index contributed by atoms with van der Waals surface area (Å²) in [6.45, 7) is 2.08. The van der Waals surface area contributed by atoms with Gasteiger partial charge in [-0.1, -0.05) is 42.5 Å². The molecule has 158 valence electrons. The second kappa shape index (κ2) is 9.37. The molecule has 0 spiro atoms. The molecule has 4 heteroatoms. The van der Waals surface area contributed by atoms with Crippen LogP contribution in [0, 0.1) is 6.92 Å². The Balaban J connectivity index is 1.59. The number of benzene rings is 1. The van der Waals surface area contributed by atoms with Crippen molar-refractivity contribution in [3.63, 3.8) is 0 Å². The zero-order valence-corrected chi connectivity index (χ0v) is 18.3. The van der Waals surface area contributed by atoms with E-state index < -0.39 is 0 Å². The van der Waals surface area contributed by atoms with Gasteiger partial charge in [-0.25, -0.2) is 0 Å². The Hall–Kier alpha value is -4.44. The minimum absolute atomic E-state index is 0.900. The van der Waals surface area contributed by atoms with E-state index in [4.69, 9.17) is 9.97 Å². The average Bonchev–Trinajstić information content (AvgIpc) is 2.89. The molecule has 4 aromatic heterocycles. The topological polar surface area (TPSA) is 51.6 Å². The summed E-state index contributed by atoms with van der Waals surface area (Å²) >= 11 is 0. The molecule has 0 aliphatic carbocycles. The van der Waals surface area contributed by atoms with Gasteiger partial charge in [0.05, 0.1) is 11.4 Å². The highest BCUT2D eigenvalue weighted by molar-refractivity contribution is 5.82. The summed E-state index contributed by atoms with van der Waals surface area (Å²) in [5.41, 5.74) is 9.29. The molecular weight excluding hydrogens is 404 g/mol. The predicted molar refractivity (Wildman–Crippen MR) is 134 cm³/mol. The Kier molecular flexibility index (Phi) is 5.81. The summed E-state index contributed by atoms with van der Waals surface area (Å²) in [6.07, 6.45) is 15.2. The molecule has 5 aromatic rings. The van der Waals surface area contributed by atoms with Gasteiger partial charge in [0.15, 0.2) is 0 Å². The van der Waals surface area contributed by atoms with Crippen LogP contribution in [0.4, 0.5) is 0 Å². The molecular formula is C29H22N4. The van der Waals surface area contributed by atoms with E-state index in [-0.39, 0.29) is 0 Å². The molecule has 0 bridgehead atoms. The largest absolute Gasteiger partial charge is 0.265 e. The smallest absolute Gasteiger partial charge is 0.0790 e. The third-order valence-corrected chi connectivity index (χ3v) is 5.49. The fourth-order valence-electron chi connectivity index (χ4n) is 3.82. The third kappa shape index (κ3) is 4.60. The fraction of sp³-hybridized carbons (Fsp3) is 0.0345. The van der Waals surface area contributed by atoms with Crippen LogP contribution in [-0.2, 0) is 0 Å². The number of pyridine rings is 4. The molecule has 0 aliphatic rings. The average molecular weight is 427 g/mol. The second-order valence-electron chi connectivity index (χ2n) is 7.77. The number of aryl methyl sites for hydroxylation is 1. The molecule has 4 heterocycles. The number of nitrogens with zero attached hydrogens (tertiary/aromatic N) is 4. The molecule has 0 amide bonds. The van der Waals surface area contributed by atoms with Gasteiger partial charge in [0, 0.05) is 59.4 Å². The van der Waals surface area contributed by atoms with Crippen molar-refractivity contribution in [2.24, 2.45) is 0 Å². The molecule has 0 N–H and O–H groups in total. The Bertz CT molecular complexity index is 1400. The van der Waals surface area contributed by atoms with Crippen LogP contribution in [-0.4, -0.2) is 19.9 Å². The van der Waals surface area contributed by atoms with Crippen molar-refractivity contribution in [2.75, 3.05) is 0 Å². The molecule has 0 atom stereocenters. The maximum Gasteiger partial charge on any atom is 0.0790 e. The van der Waals surface area contributed by atoms with Gasteiger partial charge >= 0.3 is 0 Å². The lowest BCUT2D eigenvalue weighted by atomic mass is 9.99. The highest BCUT2D eigenvalue weighted by Crippen LogP contribution is 2.30. The fourth-order valence-corrected chi connectivity index (χ4v) is 3.82. The Labute approximate surface area is 193 Å². The highest BCUT2D eigenvalue weighted by Gasteiger charge is 2.11. The van der Waals surface area contributed by atoms with E-state index in [0.717, 1.165) is 50.3 Å². The van der Waals surface area contributed by atoms with Crippen molar-refractivity contribution in [2.45, 2.75) is 6.92 Å². The monoisotopic (exact) mass is 426 g/mol. The van der Waals surface area contributed by atoms with Crippen LogP contribution in [0.2, 0.25) is 0 Å². The molecule has 0 fully saturated rings. The van der Waals surface area contributed by atoms with Crippen molar-refractivity contribution in [1.29, 1.82) is 0 Å². The maximum atomic E-state index is 4.86. The van der Waals surface area contributed by atoms with Gasteiger partial charge in [0.1, 0.15) is 0 Å². The van der Waals surface area contributed by atoms with Crippen LogP contribution in [0.15, 0.2) is 104 Å². The SMILES string of the molecule is Cc1cc(-c2ncc(-c3ccncc3)cc2C=Cc2ccccc2)cnc1-c1ccncc1. The van der Waals surface area contributed by atoms with Crippen molar-refractivity contribution < 1.29 is 0 Å². The van der Waals surface area contributed by atoms with Crippen LogP contribution >= 0.6 is 0 Å². The predicted octanol–water partition coefficient (Wildman–Crippen LogP) is 6.75. The highest BCUT2D eigenvalue weighted by atomic mass is 14.7. The number of rotatable bonds is 5. The molecule has 1 aromatic carbocycles. The van der Waals surface area contributed by atoms with E-state index in [1.54, 1.807) is 24.8 Å². The molecule has 0 saturated heterocycles. The van der Waals surface area contributed by atoms with E-state index in [0.29, 0.717) is 0 Å². The Morgan fingerprint density at radius 3 is 1.91 bits per heavy atom. The molecule has 5 rings (SSSR count). The van der Waals surface area contributed by atoms with Gasteiger partial charge in [-0.2, -0.15) is 0 Å². The van der Waals surface area contributed by atoms with Crippen molar-refractivity contribution in [3.8, 4) is 33.6 Å². The van der Waals surface area contributed by atoms with Crippen LogP contribution in [0.25, 0.3) is 45.8 Å². The Morgan fingerprint density at radius 1 is 0.576 bits per heavy atom. The summed E-state index contributed by atoms with van der Waals surface area (Å²) < 4.78 is 0. The lowest BCUT2D eigenvalue weighted by molar-refractivity contribution is 1.23. The van der Waals surface area contributed by atoms with E-state index >= 15 is 0 Å². The first-order valence-corrected chi connectivity index (χ1v) is 10.8. The summed E-state index contributed by atoms with van der Waals surface area (Å²) in [5, 5.41) is 0. The molecule has 4 nitrogen and oxygen atoms in total. The number of hydrogen-bond donors (Lipinski definition) is 0. The van der Waals surface area contributed by atoms with Crippen LogP contribution < -0.4 is 0 Å². The van der Waals surface area contributed by atoms with Crippen molar-refractivity contribution in [3.05, 3.63) is 121 Å². The lowest BCUT2D eigenvalue weighted by Crippen LogP contribution is -1.95. The normalized spacial score (nSPS) is 11.1. The van der Waals surface area contributed by atoms with Crippen molar-refractivity contribution in [1.82, 2.24) is 19.9 Å². The third-order valence-electron chi connectivity index (χ3n) is 5.49. The molecule has 0 saturated carbocycles. The molecule has 0 aliphatic heterocycles. The number of aromatic nitrogens is 4. The lowest BCUT2D eigenvalue weighted by Gasteiger charge is -2.11. The molecule has 0 radical (unpaired) electrons. The summed E-state index contributed by atoms with van der Waals surface area (Å²) in [4.78, 5) is 17.9. The zero-order valence-electron chi connectivity index (χ0n) is 18.3. The maximum absolute atomic E-state index is 4.86. The van der Waals surface area contributed by atoms with Crippen LogP contribution in [0.3, 0.4) is 0 Å². The van der Waals surface area contributed by atoms with Gasteiger partial charge in [-0.15, -0.1) is 0 Å². The van der Waals surface area contributed by atoms with Gasteiger partial charge < -0.3 is 0 Å². The minimum atomic E-state index is 0.900. The van der Waals surface area contributed by atoms with Gasteiger partial charge in [0.25, 0.3) is 0 Å². The van der Waals surface area contributed by atoms with E-state index in [1.165, 1.54) is 0 Å². The van der Waals surface area contributed by atoms with E-state index in [1.807, 2.05) is 54.9 Å². The zero-order chi connectivity index (χ0) is 22.5. The quantitative estimate of drug-likeness (QED) is 0.312. The molecule has 0 unspecified atom stereocenters. The standard InChI is InChI=1S/C29H22N4/c1-21-17-27(20-32-28(21)24-11-15-31-16-12-24)29-25(8-7-22-5-3-2-4-6-22)18-26(19-33-29)23-9-13-30-14-10-23/h2-20H,1H3. The van der Waals surface area contributed by atoms with Crippen LogP contribution in [0.1, 0.15) is 16.7 Å². The number of hydrogen-bond acceptors (Lipinski definition) is 4. The first-order valence-electron chi connectivity index (χ1n) is 10.8. The van der Waals surface area contributed by atoms with Crippen molar-refractivity contribution >= 4 is 12.2 Å². The Morgan fingerprint density at radius 2 is 1.21 bits per heavy atom. The summed E-state index contributed by atoms with van der Waals surface area (Å²) in [5.74, 6) is 0. The van der Waals surface area contributed by atoms with Gasteiger partial charge in [-0.3, -0.25) is 19.9 Å². The molecule has 33 heavy (non-hydrogen) atoms.